The molecule has 6 nitrogen and oxygen atoms in total. The quantitative estimate of drug-likeness (QED) is 0.277. The monoisotopic (exact) mass is 544 g/mol. The summed E-state index contributed by atoms with van der Waals surface area (Å²) >= 11 is 1.84. The van der Waals surface area contributed by atoms with Crippen molar-refractivity contribution in [2.45, 2.75) is 32.4 Å². The second-order valence-corrected chi connectivity index (χ2v) is 8.39. The highest BCUT2D eigenvalue weighted by Gasteiger charge is 2.31. The fraction of sp³-hybridized carbons (Fsp3) is 0.500. The molecule has 0 radical (unpaired) electrons. The summed E-state index contributed by atoms with van der Waals surface area (Å²) in [7, 11) is 3.84. The Hall–Kier alpha value is -1.52. The first kappa shape index (κ1) is 24.7. The molecule has 2 aromatic rings. The van der Waals surface area contributed by atoms with Gasteiger partial charge in [0.05, 0.1) is 13.7 Å². The highest BCUT2D eigenvalue weighted by Crippen LogP contribution is 2.36. The summed E-state index contributed by atoms with van der Waals surface area (Å²) in [5, 5.41) is 19.1. The Morgan fingerprint density at radius 2 is 2.17 bits per heavy atom. The van der Waals surface area contributed by atoms with Gasteiger partial charge in [-0.05, 0) is 68.9 Å². The van der Waals surface area contributed by atoms with Crippen LogP contribution in [0.15, 0.2) is 40.7 Å². The van der Waals surface area contributed by atoms with Gasteiger partial charge in [-0.25, -0.2) is 4.99 Å². The molecule has 1 fully saturated rings. The fourth-order valence-corrected chi connectivity index (χ4v) is 4.91. The molecule has 8 heteroatoms. The van der Waals surface area contributed by atoms with E-state index in [4.69, 9.17) is 4.74 Å². The number of hydrogen-bond acceptors (Lipinski definition) is 5. The van der Waals surface area contributed by atoms with Crippen LogP contribution in [0, 0.1) is 5.92 Å². The maximum absolute atomic E-state index is 10.1. The van der Waals surface area contributed by atoms with Crippen molar-refractivity contribution in [1.29, 1.82) is 0 Å². The van der Waals surface area contributed by atoms with Crippen molar-refractivity contribution in [3.8, 4) is 11.5 Å². The normalized spacial score (nSPS) is 19.8. The molecule has 166 valence electrons. The Bertz CT molecular complexity index is 800. The number of aromatic hydroxyl groups is 1. The van der Waals surface area contributed by atoms with Gasteiger partial charge in [0, 0.05) is 29.6 Å². The van der Waals surface area contributed by atoms with Gasteiger partial charge < -0.3 is 20.5 Å². The smallest absolute Gasteiger partial charge is 0.191 e. The van der Waals surface area contributed by atoms with E-state index in [0.717, 1.165) is 36.9 Å². The van der Waals surface area contributed by atoms with Gasteiger partial charge in [-0.2, -0.15) is 0 Å². The van der Waals surface area contributed by atoms with E-state index in [1.165, 1.54) is 17.7 Å². The number of hydrogen-bond donors (Lipinski definition) is 3. The topological polar surface area (TPSA) is 69.1 Å². The number of methoxy groups -OCH3 is 1. The van der Waals surface area contributed by atoms with E-state index >= 15 is 0 Å². The zero-order valence-electron chi connectivity index (χ0n) is 17.9. The van der Waals surface area contributed by atoms with Crippen molar-refractivity contribution >= 4 is 41.3 Å². The highest BCUT2D eigenvalue weighted by molar-refractivity contribution is 14.0. The number of likely N-dealkylation sites (tertiary alicyclic amines) is 1. The lowest BCUT2D eigenvalue weighted by Gasteiger charge is -2.39. The van der Waals surface area contributed by atoms with Crippen LogP contribution in [-0.4, -0.2) is 49.8 Å². The summed E-state index contributed by atoms with van der Waals surface area (Å²) in [5.41, 5.74) is 0.746. The Labute approximate surface area is 200 Å². The number of phenolic OH excluding ortho intramolecular Hbond substituents is 1. The molecule has 0 bridgehead atoms. The molecular weight excluding hydrogens is 511 g/mol. The second kappa shape index (κ2) is 12.4. The van der Waals surface area contributed by atoms with Crippen LogP contribution >= 0.6 is 35.3 Å². The minimum Gasteiger partial charge on any atom is -0.508 e. The van der Waals surface area contributed by atoms with E-state index in [1.807, 2.05) is 17.4 Å². The minimum absolute atomic E-state index is 0. The number of rotatable bonds is 7. The predicted octanol–water partition coefficient (Wildman–Crippen LogP) is 4.22. The third-order valence-electron chi connectivity index (χ3n) is 5.41. The fourth-order valence-electron chi connectivity index (χ4n) is 3.93. The van der Waals surface area contributed by atoms with Crippen molar-refractivity contribution in [3.63, 3.8) is 0 Å². The molecule has 1 saturated heterocycles. The van der Waals surface area contributed by atoms with E-state index in [-0.39, 0.29) is 29.7 Å². The molecule has 2 unspecified atom stereocenters. The molecule has 1 aliphatic heterocycles. The summed E-state index contributed by atoms with van der Waals surface area (Å²) in [4.78, 5) is 8.58. The van der Waals surface area contributed by atoms with Gasteiger partial charge in [-0.1, -0.05) is 6.07 Å². The highest BCUT2D eigenvalue weighted by atomic mass is 127. The molecule has 3 rings (SSSR count). The SMILES string of the molecule is CCNC(=NCc1cc(OC)ccc1O)NCC1CCCN(C)C1c1cccs1.I. The van der Waals surface area contributed by atoms with Crippen LogP contribution in [0.5, 0.6) is 11.5 Å². The van der Waals surface area contributed by atoms with Gasteiger partial charge in [0.1, 0.15) is 11.5 Å². The number of phenols is 1. The van der Waals surface area contributed by atoms with Crippen molar-refractivity contribution in [2.24, 2.45) is 10.9 Å². The largest absolute Gasteiger partial charge is 0.508 e. The van der Waals surface area contributed by atoms with Crippen LogP contribution in [0.2, 0.25) is 0 Å². The maximum atomic E-state index is 10.1. The molecule has 0 spiro atoms. The van der Waals surface area contributed by atoms with Gasteiger partial charge >= 0.3 is 0 Å². The van der Waals surface area contributed by atoms with Crippen LogP contribution in [0.3, 0.4) is 0 Å². The van der Waals surface area contributed by atoms with E-state index in [0.29, 0.717) is 18.5 Å². The molecule has 2 atom stereocenters. The molecular formula is C22H33IN4O2S. The predicted molar refractivity (Wildman–Crippen MR) is 135 cm³/mol. The average Bonchev–Trinajstić information content (AvgIpc) is 3.25. The molecule has 1 aliphatic rings. The third kappa shape index (κ3) is 6.49. The van der Waals surface area contributed by atoms with Gasteiger partial charge in [0.2, 0.25) is 0 Å². The number of ether oxygens (including phenoxy) is 1. The summed E-state index contributed by atoms with van der Waals surface area (Å²) in [5.74, 6) is 2.25. The van der Waals surface area contributed by atoms with Crippen LogP contribution < -0.4 is 15.4 Å². The zero-order chi connectivity index (χ0) is 20.6. The average molecular weight is 545 g/mol. The Kier molecular flexibility index (Phi) is 10.2. The Balaban J connectivity index is 0.00000320. The lowest BCUT2D eigenvalue weighted by Crippen LogP contribution is -2.44. The van der Waals surface area contributed by atoms with Gasteiger partial charge in [0.15, 0.2) is 5.96 Å². The lowest BCUT2D eigenvalue weighted by molar-refractivity contribution is 0.125. The van der Waals surface area contributed by atoms with Crippen molar-refractivity contribution < 1.29 is 9.84 Å². The molecule has 0 amide bonds. The Morgan fingerprint density at radius 1 is 1.33 bits per heavy atom. The number of nitrogens with one attached hydrogen (secondary N) is 2. The number of halogens is 1. The molecule has 30 heavy (non-hydrogen) atoms. The summed E-state index contributed by atoms with van der Waals surface area (Å²) in [6.45, 7) is 5.24. The number of thiophene rings is 1. The summed E-state index contributed by atoms with van der Waals surface area (Å²) < 4.78 is 5.25. The Morgan fingerprint density at radius 3 is 2.87 bits per heavy atom. The summed E-state index contributed by atoms with van der Waals surface area (Å²) in [6, 6.07) is 10.0. The van der Waals surface area contributed by atoms with Gasteiger partial charge in [0.25, 0.3) is 0 Å². The molecule has 0 saturated carbocycles. The first-order valence-corrected chi connectivity index (χ1v) is 11.1. The first-order valence-electron chi connectivity index (χ1n) is 10.2. The number of guanidine groups is 1. The maximum Gasteiger partial charge on any atom is 0.191 e. The van der Waals surface area contributed by atoms with Crippen LogP contribution in [0.4, 0.5) is 0 Å². The number of nitrogens with zero attached hydrogens (tertiary/aromatic N) is 2. The third-order valence-corrected chi connectivity index (χ3v) is 6.35. The van der Waals surface area contributed by atoms with E-state index in [2.05, 4.69) is 52.0 Å². The molecule has 0 aliphatic carbocycles. The van der Waals surface area contributed by atoms with E-state index in [1.54, 1.807) is 19.2 Å². The summed E-state index contributed by atoms with van der Waals surface area (Å²) in [6.07, 6.45) is 2.42. The van der Waals surface area contributed by atoms with Crippen molar-refractivity contribution in [1.82, 2.24) is 15.5 Å². The number of benzene rings is 1. The standard InChI is InChI=1S/C22H32N4O2S.HI/c1-4-23-22(25-15-17-13-18(28-3)9-10-19(17)27)24-14-16-7-5-11-26(2)21(16)20-8-6-12-29-20;/h6,8-10,12-13,16,21,27H,4-5,7,11,14-15H2,1-3H3,(H2,23,24,25);1H. The number of piperidine rings is 1. The molecule has 2 heterocycles. The second-order valence-electron chi connectivity index (χ2n) is 7.41. The van der Waals surface area contributed by atoms with Crippen LogP contribution in [-0.2, 0) is 6.54 Å². The number of aliphatic imine (C=N–C) groups is 1. The van der Waals surface area contributed by atoms with Crippen molar-refractivity contribution in [3.05, 3.63) is 46.2 Å². The van der Waals surface area contributed by atoms with E-state index < -0.39 is 0 Å². The van der Waals surface area contributed by atoms with Crippen LogP contribution in [0.25, 0.3) is 0 Å². The lowest BCUT2D eigenvalue weighted by atomic mass is 9.88. The molecule has 1 aromatic carbocycles. The van der Waals surface area contributed by atoms with Gasteiger partial charge in [-0.3, -0.25) is 4.90 Å². The van der Waals surface area contributed by atoms with Crippen LogP contribution in [0.1, 0.15) is 36.2 Å². The first-order chi connectivity index (χ1) is 14.1. The van der Waals surface area contributed by atoms with E-state index in [9.17, 15) is 5.11 Å². The van der Waals surface area contributed by atoms with Crippen molar-refractivity contribution in [2.75, 3.05) is 33.8 Å². The molecule has 1 aromatic heterocycles. The minimum atomic E-state index is 0. The van der Waals surface area contributed by atoms with Gasteiger partial charge in [-0.15, -0.1) is 35.3 Å². The zero-order valence-corrected chi connectivity index (χ0v) is 21.1. The molecule has 3 N–H and O–H groups in total.